The Morgan fingerprint density at radius 3 is 2.59 bits per heavy atom. The zero-order chi connectivity index (χ0) is 20.4. The Balaban J connectivity index is 1.50. The molecule has 0 atom stereocenters. The van der Waals surface area contributed by atoms with Gasteiger partial charge in [0, 0.05) is 17.3 Å². The van der Waals surface area contributed by atoms with Gasteiger partial charge in [0.2, 0.25) is 0 Å². The van der Waals surface area contributed by atoms with Gasteiger partial charge in [-0.15, -0.1) is 0 Å². The normalized spacial score (nSPS) is 13.2. The zero-order valence-electron chi connectivity index (χ0n) is 16.0. The molecule has 6 nitrogen and oxygen atoms in total. The van der Waals surface area contributed by atoms with Gasteiger partial charge >= 0.3 is 0 Å². The molecule has 2 N–H and O–H groups in total. The first-order valence-corrected chi connectivity index (χ1v) is 9.88. The molecule has 1 aliphatic rings. The number of hydrogen-bond donors (Lipinski definition) is 2. The van der Waals surface area contributed by atoms with E-state index in [1.165, 1.54) is 0 Å². The molecule has 0 saturated heterocycles. The molecule has 3 aromatic rings. The summed E-state index contributed by atoms with van der Waals surface area (Å²) in [5.74, 6) is -0.486. The van der Waals surface area contributed by atoms with Crippen LogP contribution in [0.15, 0.2) is 54.6 Å². The highest BCUT2D eigenvalue weighted by atomic mass is 35.5. The van der Waals surface area contributed by atoms with Crippen LogP contribution in [0.4, 0.5) is 5.69 Å². The van der Waals surface area contributed by atoms with Crippen molar-refractivity contribution in [3.63, 3.8) is 0 Å². The van der Waals surface area contributed by atoms with Gasteiger partial charge in [-0.3, -0.25) is 9.59 Å². The molecule has 2 amide bonds. The number of amides is 2. The number of benzene rings is 2. The second kappa shape index (κ2) is 8.09. The van der Waals surface area contributed by atoms with E-state index < -0.39 is 0 Å². The van der Waals surface area contributed by atoms with E-state index in [-0.39, 0.29) is 23.0 Å². The fourth-order valence-corrected chi connectivity index (χ4v) is 3.42. The number of nitrogens with one attached hydrogen (secondary N) is 2. The predicted octanol–water partition coefficient (Wildman–Crippen LogP) is 4.04. The first-order chi connectivity index (χ1) is 14.0. The molecule has 0 spiro atoms. The summed E-state index contributed by atoms with van der Waals surface area (Å²) in [7, 11) is 0. The first kappa shape index (κ1) is 19.2. The standard InChI is InChI=1S/C22H21ClN4O2/c1-14-19(20(23)27(26-14)13-15-6-3-2-4-7-15)22(29)25-18-9-5-8-16(12-18)21(28)24-17-10-11-17/h2-9,12,17H,10-11,13H2,1H3,(H,24,28)(H,25,29). The van der Waals surface area contributed by atoms with Gasteiger partial charge in [-0.25, -0.2) is 4.68 Å². The summed E-state index contributed by atoms with van der Waals surface area (Å²) in [4.78, 5) is 25.1. The lowest BCUT2D eigenvalue weighted by Crippen LogP contribution is -2.25. The molecule has 0 aliphatic heterocycles. The second-order valence-corrected chi connectivity index (χ2v) is 7.54. The van der Waals surface area contributed by atoms with E-state index in [0.29, 0.717) is 29.1 Å². The van der Waals surface area contributed by atoms with Crippen LogP contribution in [0.5, 0.6) is 0 Å². The number of aryl methyl sites for hydroxylation is 1. The fourth-order valence-electron chi connectivity index (χ4n) is 3.10. The number of hydrogen-bond acceptors (Lipinski definition) is 3. The molecular weight excluding hydrogens is 388 g/mol. The van der Waals surface area contributed by atoms with E-state index >= 15 is 0 Å². The molecule has 1 saturated carbocycles. The Labute approximate surface area is 173 Å². The van der Waals surface area contributed by atoms with Crippen molar-refractivity contribution in [2.24, 2.45) is 0 Å². The molecule has 1 fully saturated rings. The largest absolute Gasteiger partial charge is 0.349 e. The van der Waals surface area contributed by atoms with Crippen molar-refractivity contribution in [2.45, 2.75) is 32.4 Å². The van der Waals surface area contributed by atoms with Crippen molar-refractivity contribution in [3.8, 4) is 0 Å². The zero-order valence-corrected chi connectivity index (χ0v) is 16.7. The molecule has 1 aromatic heterocycles. The monoisotopic (exact) mass is 408 g/mol. The van der Waals surface area contributed by atoms with Gasteiger partial charge in [0.05, 0.1) is 17.8 Å². The van der Waals surface area contributed by atoms with Gasteiger partial charge in [0.1, 0.15) is 5.15 Å². The van der Waals surface area contributed by atoms with E-state index in [4.69, 9.17) is 11.6 Å². The van der Waals surface area contributed by atoms with E-state index in [1.54, 1.807) is 35.9 Å². The number of anilines is 1. The number of rotatable bonds is 6. The smallest absolute Gasteiger partial charge is 0.260 e. The maximum absolute atomic E-state index is 12.8. The Morgan fingerprint density at radius 2 is 1.86 bits per heavy atom. The number of aromatic nitrogens is 2. The number of carbonyl (C=O) groups excluding carboxylic acids is 2. The molecule has 4 rings (SSSR count). The highest BCUT2D eigenvalue weighted by molar-refractivity contribution is 6.33. The van der Waals surface area contributed by atoms with Crippen LogP contribution in [-0.4, -0.2) is 27.6 Å². The van der Waals surface area contributed by atoms with Crippen LogP contribution in [0, 0.1) is 6.92 Å². The lowest BCUT2D eigenvalue weighted by molar-refractivity contribution is 0.0949. The summed E-state index contributed by atoms with van der Waals surface area (Å²) in [6, 6.07) is 16.9. The minimum atomic E-state index is -0.355. The van der Waals surface area contributed by atoms with Crippen molar-refractivity contribution in [3.05, 3.63) is 82.1 Å². The van der Waals surface area contributed by atoms with Crippen LogP contribution in [-0.2, 0) is 6.54 Å². The topological polar surface area (TPSA) is 76.0 Å². The maximum atomic E-state index is 12.8. The van der Waals surface area contributed by atoms with Crippen LogP contribution >= 0.6 is 11.6 Å². The van der Waals surface area contributed by atoms with E-state index in [1.807, 2.05) is 30.3 Å². The van der Waals surface area contributed by atoms with Crippen molar-refractivity contribution in [1.29, 1.82) is 0 Å². The van der Waals surface area contributed by atoms with Crippen LogP contribution < -0.4 is 10.6 Å². The van der Waals surface area contributed by atoms with Crippen LogP contribution in [0.2, 0.25) is 5.15 Å². The Kier molecular flexibility index (Phi) is 5.36. The quantitative estimate of drug-likeness (QED) is 0.646. The second-order valence-electron chi connectivity index (χ2n) is 7.18. The summed E-state index contributed by atoms with van der Waals surface area (Å²) in [6.07, 6.45) is 2.04. The fraction of sp³-hybridized carbons (Fsp3) is 0.227. The van der Waals surface area contributed by atoms with E-state index in [2.05, 4.69) is 15.7 Å². The van der Waals surface area contributed by atoms with Crippen molar-refractivity contribution in [2.75, 3.05) is 5.32 Å². The molecular formula is C22H21ClN4O2. The molecule has 148 valence electrons. The van der Waals surface area contributed by atoms with Crippen molar-refractivity contribution >= 4 is 29.1 Å². The predicted molar refractivity (Wildman–Crippen MR) is 112 cm³/mol. The van der Waals surface area contributed by atoms with Gasteiger partial charge in [0.25, 0.3) is 11.8 Å². The summed E-state index contributed by atoms with van der Waals surface area (Å²) >= 11 is 6.46. The molecule has 0 radical (unpaired) electrons. The summed E-state index contributed by atoms with van der Waals surface area (Å²) in [6.45, 7) is 2.23. The lowest BCUT2D eigenvalue weighted by atomic mass is 10.1. The molecule has 2 aromatic carbocycles. The lowest BCUT2D eigenvalue weighted by Gasteiger charge is -2.08. The number of nitrogens with zero attached hydrogens (tertiary/aromatic N) is 2. The average Bonchev–Trinajstić information content (AvgIpc) is 3.47. The van der Waals surface area contributed by atoms with Gasteiger partial charge in [-0.2, -0.15) is 5.10 Å². The summed E-state index contributed by atoms with van der Waals surface area (Å²) in [5.41, 5.74) is 2.96. The third kappa shape index (κ3) is 4.49. The molecule has 0 unspecified atom stereocenters. The highest BCUT2D eigenvalue weighted by Crippen LogP contribution is 2.23. The van der Waals surface area contributed by atoms with Crippen LogP contribution in [0.1, 0.15) is 44.8 Å². The highest BCUT2D eigenvalue weighted by Gasteiger charge is 2.24. The van der Waals surface area contributed by atoms with Crippen molar-refractivity contribution < 1.29 is 9.59 Å². The molecule has 1 heterocycles. The number of carbonyl (C=O) groups is 2. The third-order valence-corrected chi connectivity index (χ3v) is 5.15. The first-order valence-electron chi connectivity index (χ1n) is 9.50. The van der Waals surface area contributed by atoms with Gasteiger partial charge in [-0.1, -0.05) is 48.0 Å². The summed E-state index contributed by atoms with van der Waals surface area (Å²) < 4.78 is 1.61. The van der Waals surface area contributed by atoms with Crippen molar-refractivity contribution in [1.82, 2.24) is 15.1 Å². The Bertz CT molecular complexity index is 1060. The molecule has 0 bridgehead atoms. The van der Waals surface area contributed by atoms with Gasteiger partial charge in [0.15, 0.2) is 0 Å². The van der Waals surface area contributed by atoms with Crippen LogP contribution in [0.3, 0.4) is 0 Å². The van der Waals surface area contributed by atoms with E-state index in [0.717, 1.165) is 18.4 Å². The van der Waals surface area contributed by atoms with Gasteiger partial charge in [-0.05, 0) is 43.5 Å². The number of halogens is 1. The Morgan fingerprint density at radius 1 is 1.10 bits per heavy atom. The minimum Gasteiger partial charge on any atom is -0.349 e. The summed E-state index contributed by atoms with van der Waals surface area (Å²) in [5, 5.41) is 10.5. The third-order valence-electron chi connectivity index (χ3n) is 4.76. The minimum absolute atomic E-state index is 0.131. The SMILES string of the molecule is Cc1nn(Cc2ccccc2)c(Cl)c1C(=O)Nc1cccc(C(=O)NC2CC2)c1. The molecule has 7 heteroatoms. The van der Waals surface area contributed by atoms with Crippen LogP contribution in [0.25, 0.3) is 0 Å². The molecule has 1 aliphatic carbocycles. The maximum Gasteiger partial charge on any atom is 0.260 e. The molecule has 29 heavy (non-hydrogen) atoms. The van der Waals surface area contributed by atoms with Gasteiger partial charge < -0.3 is 10.6 Å². The Hall–Kier alpha value is -3.12. The van der Waals surface area contributed by atoms with E-state index in [9.17, 15) is 9.59 Å². The average molecular weight is 409 g/mol.